The highest BCUT2D eigenvalue weighted by molar-refractivity contribution is 9.09. The molecule has 0 aliphatic rings. The number of aryl methyl sites for hydroxylation is 1. The molecule has 0 spiro atoms. The van der Waals surface area contributed by atoms with E-state index in [2.05, 4.69) is 21.2 Å². The Hall–Kier alpha value is -0.250. The summed E-state index contributed by atoms with van der Waals surface area (Å²) in [4.78, 5) is 0. The van der Waals surface area contributed by atoms with Crippen molar-refractivity contribution >= 4 is 27.5 Å². The SMILES string of the molecule is COc1cc(C)c(Cl)c(C)c1CCNCBr. The highest BCUT2D eigenvalue weighted by Crippen LogP contribution is 2.31. The van der Waals surface area contributed by atoms with Crippen LogP contribution in [0.5, 0.6) is 5.75 Å². The predicted octanol–water partition coefficient (Wildman–Crippen LogP) is 3.45. The molecule has 0 unspecified atom stereocenters. The number of hydrogen-bond acceptors (Lipinski definition) is 2. The quantitative estimate of drug-likeness (QED) is 0.511. The van der Waals surface area contributed by atoms with Gasteiger partial charge in [-0.1, -0.05) is 27.5 Å². The lowest BCUT2D eigenvalue weighted by Crippen LogP contribution is -2.15. The molecule has 1 N–H and O–H groups in total. The number of benzene rings is 1. The van der Waals surface area contributed by atoms with E-state index < -0.39 is 0 Å². The Labute approximate surface area is 110 Å². The highest BCUT2D eigenvalue weighted by atomic mass is 79.9. The van der Waals surface area contributed by atoms with Crippen molar-refractivity contribution in [1.29, 1.82) is 0 Å². The van der Waals surface area contributed by atoms with Crippen LogP contribution in [0, 0.1) is 13.8 Å². The third kappa shape index (κ3) is 3.12. The summed E-state index contributed by atoms with van der Waals surface area (Å²) in [5.41, 5.74) is 4.17. The summed E-state index contributed by atoms with van der Waals surface area (Å²) >= 11 is 9.57. The van der Waals surface area contributed by atoms with Gasteiger partial charge in [0.15, 0.2) is 0 Å². The van der Waals surface area contributed by atoms with Gasteiger partial charge in [0.2, 0.25) is 0 Å². The fraction of sp³-hybridized carbons (Fsp3) is 0.500. The van der Waals surface area contributed by atoms with Crippen molar-refractivity contribution in [2.75, 3.05) is 19.1 Å². The van der Waals surface area contributed by atoms with Gasteiger partial charge in [0.05, 0.1) is 12.6 Å². The van der Waals surface area contributed by atoms with Crippen LogP contribution in [-0.2, 0) is 6.42 Å². The van der Waals surface area contributed by atoms with E-state index >= 15 is 0 Å². The number of hydrogen-bond donors (Lipinski definition) is 1. The molecule has 4 heteroatoms. The fourth-order valence-electron chi connectivity index (χ4n) is 1.73. The van der Waals surface area contributed by atoms with Gasteiger partial charge < -0.3 is 10.1 Å². The van der Waals surface area contributed by atoms with Gasteiger partial charge in [-0.05, 0) is 43.0 Å². The van der Waals surface area contributed by atoms with E-state index in [1.807, 2.05) is 19.9 Å². The molecular weight excluding hydrogens is 289 g/mol. The summed E-state index contributed by atoms with van der Waals surface area (Å²) in [5, 5.41) is 4.07. The van der Waals surface area contributed by atoms with E-state index in [9.17, 15) is 0 Å². The Balaban J connectivity index is 3.00. The molecule has 0 bridgehead atoms. The van der Waals surface area contributed by atoms with Gasteiger partial charge in [0.1, 0.15) is 5.75 Å². The van der Waals surface area contributed by atoms with Gasteiger partial charge in [-0.3, -0.25) is 0 Å². The maximum absolute atomic E-state index is 6.24. The average Bonchev–Trinajstić information content (AvgIpc) is 2.29. The van der Waals surface area contributed by atoms with E-state index in [0.29, 0.717) is 0 Å². The fourth-order valence-corrected chi connectivity index (χ4v) is 2.18. The van der Waals surface area contributed by atoms with Crippen molar-refractivity contribution in [2.24, 2.45) is 0 Å². The van der Waals surface area contributed by atoms with Gasteiger partial charge in [-0.25, -0.2) is 0 Å². The molecule has 0 fully saturated rings. The third-order valence-electron chi connectivity index (χ3n) is 2.64. The molecule has 1 aromatic carbocycles. The Morgan fingerprint density at radius 3 is 2.69 bits per heavy atom. The Morgan fingerprint density at radius 2 is 2.12 bits per heavy atom. The molecule has 90 valence electrons. The molecule has 0 aliphatic carbocycles. The van der Waals surface area contributed by atoms with Crippen LogP contribution in [0.2, 0.25) is 5.02 Å². The zero-order chi connectivity index (χ0) is 12.1. The molecule has 0 aliphatic heterocycles. The molecule has 2 nitrogen and oxygen atoms in total. The van der Waals surface area contributed by atoms with Gasteiger partial charge >= 0.3 is 0 Å². The Bertz CT molecular complexity index is 369. The van der Waals surface area contributed by atoms with E-state index in [4.69, 9.17) is 16.3 Å². The molecule has 0 atom stereocenters. The topological polar surface area (TPSA) is 21.3 Å². The zero-order valence-corrected chi connectivity index (χ0v) is 12.2. The number of methoxy groups -OCH3 is 1. The molecule has 0 saturated carbocycles. The van der Waals surface area contributed by atoms with E-state index in [0.717, 1.165) is 40.3 Å². The van der Waals surface area contributed by atoms with Crippen molar-refractivity contribution in [3.8, 4) is 5.75 Å². The standard InChI is InChI=1S/C12H17BrClNO/c1-8-6-11(16-3)10(4-5-15-7-13)9(2)12(8)14/h6,15H,4-5,7H2,1-3H3. The number of alkyl halides is 1. The molecule has 16 heavy (non-hydrogen) atoms. The zero-order valence-electron chi connectivity index (χ0n) is 9.86. The number of rotatable bonds is 5. The molecule has 1 rings (SSSR count). The van der Waals surface area contributed by atoms with Crippen molar-refractivity contribution in [3.63, 3.8) is 0 Å². The molecule has 0 heterocycles. The Kier molecular flexibility index (Phi) is 5.59. The first-order valence-electron chi connectivity index (χ1n) is 5.21. The van der Waals surface area contributed by atoms with Gasteiger partial charge in [0, 0.05) is 11.6 Å². The summed E-state index contributed by atoms with van der Waals surface area (Å²) in [6.07, 6.45) is 0.917. The van der Waals surface area contributed by atoms with Gasteiger partial charge in [-0.15, -0.1) is 0 Å². The lowest BCUT2D eigenvalue weighted by molar-refractivity contribution is 0.408. The maximum Gasteiger partial charge on any atom is 0.122 e. The smallest absolute Gasteiger partial charge is 0.122 e. The summed E-state index contributed by atoms with van der Waals surface area (Å²) in [6.45, 7) is 4.95. The van der Waals surface area contributed by atoms with Crippen LogP contribution in [0.3, 0.4) is 0 Å². The maximum atomic E-state index is 6.24. The highest BCUT2D eigenvalue weighted by Gasteiger charge is 2.11. The number of ether oxygens (including phenoxy) is 1. The summed E-state index contributed by atoms with van der Waals surface area (Å²) < 4.78 is 5.39. The van der Waals surface area contributed by atoms with Gasteiger partial charge in [-0.2, -0.15) is 0 Å². The molecule has 1 aromatic rings. The minimum atomic E-state index is 0.800. The minimum Gasteiger partial charge on any atom is -0.496 e. The minimum absolute atomic E-state index is 0.800. The summed E-state index contributed by atoms with van der Waals surface area (Å²) in [5.74, 6) is 0.927. The Morgan fingerprint density at radius 1 is 1.44 bits per heavy atom. The largest absolute Gasteiger partial charge is 0.496 e. The van der Waals surface area contributed by atoms with Crippen LogP contribution in [0.4, 0.5) is 0 Å². The molecule has 0 saturated heterocycles. The van der Waals surface area contributed by atoms with E-state index in [1.54, 1.807) is 7.11 Å². The van der Waals surface area contributed by atoms with Crippen molar-refractivity contribution in [1.82, 2.24) is 5.32 Å². The molecule has 0 aromatic heterocycles. The lowest BCUT2D eigenvalue weighted by Gasteiger charge is -2.15. The second-order valence-electron chi connectivity index (χ2n) is 3.70. The first-order chi connectivity index (χ1) is 7.61. The molecule has 0 amide bonds. The van der Waals surface area contributed by atoms with Crippen molar-refractivity contribution in [3.05, 3.63) is 27.8 Å². The van der Waals surface area contributed by atoms with Crippen LogP contribution in [0.15, 0.2) is 6.07 Å². The average molecular weight is 307 g/mol. The number of halogens is 2. The van der Waals surface area contributed by atoms with Crippen LogP contribution in [0.25, 0.3) is 0 Å². The van der Waals surface area contributed by atoms with E-state index in [-0.39, 0.29) is 0 Å². The summed E-state index contributed by atoms with van der Waals surface area (Å²) in [7, 11) is 1.70. The van der Waals surface area contributed by atoms with Gasteiger partial charge in [0.25, 0.3) is 0 Å². The van der Waals surface area contributed by atoms with E-state index in [1.165, 1.54) is 5.56 Å². The first kappa shape index (κ1) is 13.8. The van der Waals surface area contributed by atoms with Crippen LogP contribution >= 0.6 is 27.5 Å². The monoisotopic (exact) mass is 305 g/mol. The lowest BCUT2D eigenvalue weighted by atomic mass is 10.0. The first-order valence-corrected chi connectivity index (χ1v) is 6.71. The van der Waals surface area contributed by atoms with Crippen LogP contribution in [-0.4, -0.2) is 19.1 Å². The number of nitrogens with one attached hydrogen (secondary N) is 1. The third-order valence-corrected chi connectivity index (χ3v) is 3.62. The predicted molar refractivity (Wildman–Crippen MR) is 73.0 cm³/mol. The second-order valence-corrected chi connectivity index (χ2v) is 4.64. The molecule has 0 radical (unpaired) electrons. The second kappa shape index (κ2) is 6.48. The molecular formula is C12H17BrClNO. The normalized spacial score (nSPS) is 10.6. The van der Waals surface area contributed by atoms with Crippen molar-refractivity contribution in [2.45, 2.75) is 20.3 Å². The summed E-state index contributed by atoms with van der Waals surface area (Å²) in [6, 6.07) is 2.00. The van der Waals surface area contributed by atoms with Crippen LogP contribution in [0.1, 0.15) is 16.7 Å². The van der Waals surface area contributed by atoms with Crippen LogP contribution < -0.4 is 10.1 Å². The van der Waals surface area contributed by atoms with Crippen molar-refractivity contribution < 1.29 is 4.74 Å².